The predicted octanol–water partition coefficient (Wildman–Crippen LogP) is 0.397. The molecule has 0 bridgehead atoms. The van der Waals surface area contributed by atoms with Gasteiger partial charge in [-0.15, -0.1) is 0 Å². The van der Waals surface area contributed by atoms with Crippen molar-refractivity contribution in [3.8, 4) is 0 Å². The zero-order valence-corrected chi connectivity index (χ0v) is 9.85. The predicted molar refractivity (Wildman–Crippen MR) is 61.0 cm³/mol. The van der Waals surface area contributed by atoms with E-state index < -0.39 is 24.0 Å². The molecule has 0 aromatic heterocycles. The summed E-state index contributed by atoms with van der Waals surface area (Å²) in [6.45, 7) is 3.81. The number of carboxylic acids is 2. The first-order chi connectivity index (χ1) is 7.36. The molecular formula is C10H22N2O4. The van der Waals surface area contributed by atoms with Gasteiger partial charge in [-0.2, -0.15) is 0 Å². The van der Waals surface area contributed by atoms with Crippen LogP contribution in [-0.4, -0.2) is 34.2 Å². The second-order valence-corrected chi connectivity index (χ2v) is 3.47. The van der Waals surface area contributed by atoms with Crippen LogP contribution in [0.1, 0.15) is 39.5 Å². The number of hydrogen-bond donors (Lipinski definition) is 4. The topological polar surface area (TPSA) is 127 Å². The summed E-state index contributed by atoms with van der Waals surface area (Å²) in [6.07, 6.45) is 2.78. The lowest BCUT2D eigenvalue weighted by atomic mass is 10.2. The molecule has 6 N–H and O–H groups in total. The maximum Gasteiger partial charge on any atom is 0.320 e. The van der Waals surface area contributed by atoms with Crippen LogP contribution in [0.15, 0.2) is 0 Å². The highest BCUT2D eigenvalue weighted by molar-refractivity contribution is 5.73. The minimum absolute atomic E-state index is 0.565. The lowest BCUT2D eigenvalue weighted by molar-refractivity contribution is -0.139. The molecule has 16 heavy (non-hydrogen) atoms. The number of hydrogen-bond acceptors (Lipinski definition) is 4. The Labute approximate surface area is 95.6 Å². The van der Waals surface area contributed by atoms with E-state index in [1.165, 1.54) is 0 Å². The van der Waals surface area contributed by atoms with E-state index in [9.17, 15) is 9.59 Å². The SMILES string of the molecule is CCCC(N)C(=O)O.CCC[C@H](N)C(=O)O. The van der Waals surface area contributed by atoms with Crippen LogP contribution in [0.4, 0.5) is 0 Å². The van der Waals surface area contributed by atoms with Crippen LogP contribution in [0, 0.1) is 0 Å². The van der Waals surface area contributed by atoms with Crippen LogP contribution in [0.2, 0.25) is 0 Å². The second-order valence-electron chi connectivity index (χ2n) is 3.47. The van der Waals surface area contributed by atoms with E-state index in [1.54, 1.807) is 0 Å². The number of aliphatic carboxylic acids is 2. The van der Waals surface area contributed by atoms with Crippen molar-refractivity contribution in [2.24, 2.45) is 11.5 Å². The normalized spacial score (nSPS) is 13.2. The summed E-state index contributed by atoms with van der Waals surface area (Å²) >= 11 is 0. The van der Waals surface area contributed by atoms with Crippen LogP contribution in [0.25, 0.3) is 0 Å². The molecule has 0 heterocycles. The molecule has 0 amide bonds. The number of nitrogens with two attached hydrogens (primary N) is 2. The summed E-state index contributed by atoms with van der Waals surface area (Å²) in [6, 6.07) is -1.33. The molecule has 0 aromatic carbocycles. The summed E-state index contributed by atoms with van der Waals surface area (Å²) in [5.74, 6) is -1.82. The van der Waals surface area contributed by atoms with Gasteiger partial charge in [0.05, 0.1) is 0 Å². The third kappa shape index (κ3) is 10.9. The zero-order valence-electron chi connectivity index (χ0n) is 9.85. The summed E-state index contributed by atoms with van der Waals surface area (Å²) in [7, 11) is 0. The van der Waals surface area contributed by atoms with Gasteiger partial charge in [0.2, 0.25) is 0 Å². The van der Waals surface area contributed by atoms with E-state index in [1.807, 2.05) is 13.8 Å². The van der Waals surface area contributed by atoms with Gasteiger partial charge < -0.3 is 21.7 Å². The minimum Gasteiger partial charge on any atom is -0.480 e. The van der Waals surface area contributed by atoms with E-state index in [4.69, 9.17) is 21.7 Å². The molecule has 0 saturated heterocycles. The molecule has 0 radical (unpaired) electrons. The fourth-order valence-electron chi connectivity index (χ4n) is 0.869. The quantitative estimate of drug-likeness (QED) is 0.526. The van der Waals surface area contributed by atoms with Crippen LogP contribution < -0.4 is 11.5 Å². The Morgan fingerprint density at radius 3 is 1.25 bits per heavy atom. The number of carboxylic acid groups (broad SMARTS) is 2. The van der Waals surface area contributed by atoms with Gasteiger partial charge in [-0.1, -0.05) is 26.7 Å². The molecule has 0 saturated carbocycles. The Bertz CT molecular complexity index is 187. The monoisotopic (exact) mass is 234 g/mol. The van der Waals surface area contributed by atoms with Crippen LogP contribution in [-0.2, 0) is 9.59 Å². The summed E-state index contributed by atoms with van der Waals surface area (Å²) in [5.41, 5.74) is 10.3. The van der Waals surface area contributed by atoms with Crippen LogP contribution >= 0.6 is 0 Å². The average molecular weight is 234 g/mol. The summed E-state index contributed by atoms with van der Waals surface area (Å²) < 4.78 is 0. The maximum atomic E-state index is 9.96. The molecule has 0 aliphatic rings. The van der Waals surface area contributed by atoms with E-state index in [0.717, 1.165) is 12.8 Å². The molecule has 96 valence electrons. The van der Waals surface area contributed by atoms with Crippen molar-refractivity contribution in [1.29, 1.82) is 0 Å². The van der Waals surface area contributed by atoms with Crippen molar-refractivity contribution in [3.63, 3.8) is 0 Å². The smallest absolute Gasteiger partial charge is 0.320 e. The second kappa shape index (κ2) is 10.4. The van der Waals surface area contributed by atoms with Gasteiger partial charge in [-0.3, -0.25) is 9.59 Å². The van der Waals surface area contributed by atoms with Gasteiger partial charge in [0.1, 0.15) is 12.1 Å². The van der Waals surface area contributed by atoms with Crippen LogP contribution in [0.3, 0.4) is 0 Å². The number of rotatable bonds is 6. The lowest BCUT2D eigenvalue weighted by Gasteiger charge is -2.00. The van der Waals surface area contributed by atoms with Gasteiger partial charge >= 0.3 is 11.9 Å². The highest BCUT2D eigenvalue weighted by atomic mass is 16.4. The first kappa shape index (κ1) is 17.3. The van der Waals surface area contributed by atoms with Gasteiger partial charge in [-0.25, -0.2) is 0 Å². The first-order valence-corrected chi connectivity index (χ1v) is 5.33. The highest BCUT2D eigenvalue weighted by Crippen LogP contribution is 1.91. The Balaban J connectivity index is 0. The van der Waals surface area contributed by atoms with Gasteiger partial charge in [-0.05, 0) is 12.8 Å². The van der Waals surface area contributed by atoms with Crippen molar-refractivity contribution in [3.05, 3.63) is 0 Å². The summed E-state index contributed by atoms with van der Waals surface area (Å²) in [5, 5.41) is 16.4. The number of carbonyl (C=O) groups is 2. The molecule has 0 spiro atoms. The van der Waals surface area contributed by atoms with Gasteiger partial charge in [0, 0.05) is 0 Å². The maximum absolute atomic E-state index is 9.96. The van der Waals surface area contributed by atoms with Gasteiger partial charge in [0.15, 0.2) is 0 Å². The molecule has 0 rings (SSSR count). The van der Waals surface area contributed by atoms with Gasteiger partial charge in [0.25, 0.3) is 0 Å². The van der Waals surface area contributed by atoms with E-state index >= 15 is 0 Å². The Hall–Kier alpha value is -1.14. The largest absolute Gasteiger partial charge is 0.480 e. The van der Waals surface area contributed by atoms with Crippen molar-refractivity contribution < 1.29 is 19.8 Å². The molecule has 0 fully saturated rings. The zero-order chi connectivity index (χ0) is 13.1. The minimum atomic E-state index is -0.910. The standard InChI is InChI=1S/2C5H11NO2/c2*1-2-3-4(6)5(7)8/h2*4H,2-3,6H2,1H3,(H,7,8)/t4-;/m0./s1. The summed E-state index contributed by atoms with van der Waals surface area (Å²) in [4.78, 5) is 19.9. The van der Waals surface area contributed by atoms with Crippen molar-refractivity contribution in [2.45, 2.75) is 51.6 Å². The molecule has 6 nitrogen and oxygen atoms in total. The molecule has 6 heteroatoms. The molecular weight excluding hydrogens is 212 g/mol. The molecule has 0 aliphatic heterocycles. The van der Waals surface area contributed by atoms with Crippen molar-refractivity contribution in [2.75, 3.05) is 0 Å². The Morgan fingerprint density at radius 2 is 1.19 bits per heavy atom. The first-order valence-electron chi connectivity index (χ1n) is 5.33. The Morgan fingerprint density at radius 1 is 0.938 bits per heavy atom. The molecule has 1 unspecified atom stereocenters. The van der Waals surface area contributed by atoms with E-state index in [-0.39, 0.29) is 0 Å². The lowest BCUT2D eigenvalue weighted by Crippen LogP contribution is -2.29. The highest BCUT2D eigenvalue weighted by Gasteiger charge is 2.08. The molecule has 0 aliphatic carbocycles. The molecule has 0 aromatic rings. The third-order valence-corrected chi connectivity index (χ3v) is 1.83. The fraction of sp³-hybridized carbons (Fsp3) is 0.800. The Kier molecular flexibility index (Phi) is 11.2. The van der Waals surface area contributed by atoms with Crippen molar-refractivity contribution in [1.82, 2.24) is 0 Å². The van der Waals surface area contributed by atoms with E-state index in [2.05, 4.69) is 0 Å². The van der Waals surface area contributed by atoms with E-state index in [0.29, 0.717) is 12.8 Å². The van der Waals surface area contributed by atoms with Crippen molar-refractivity contribution >= 4 is 11.9 Å². The van der Waals surface area contributed by atoms with Crippen LogP contribution in [0.5, 0.6) is 0 Å². The molecule has 2 atom stereocenters. The third-order valence-electron chi connectivity index (χ3n) is 1.83. The fourth-order valence-corrected chi connectivity index (χ4v) is 0.869. The average Bonchev–Trinajstić information content (AvgIpc) is 2.19.